The number of aromatic nitrogens is 2. The SMILES string of the molecule is CCS(=O)(=O)C1=C(N2N=c3nc(C(F)(F)C(F)(F)F)[nH]c3=CC2C)N=CC(=NO)C1. The molecule has 30 heavy (non-hydrogen) atoms. The molecule has 0 bridgehead atoms. The van der Waals surface area contributed by atoms with Crippen LogP contribution in [0.25, 0.3) is 6.08 Å². The van der Waals surface area contributed by atoms with Crippen LogP contribution < -0.4 is 10.8 Å². The summed E-state index contributed by atoms with van der Waals surface area (Å²) in [4.78, 5) is 8.89. The summed E-state index contributed by atoms with van der Waals surface area (Å²) in [5, 5.41) is 16.7. The predicted molar refractivity (Wildman–Crippen MR) is 93.9 cm³/mol. The number of nitrogens with zero attached hydrogens (tertiary/aromatic N) is 5. The van der Waals surface area contributed by atoms with Gasteiger partial charge in [-0.05, 0) is 13.0 Å². The van der Waals surface area contributed by atoms with Crippen LogP contribution in [0, 0.1) is 0 Å². The van der Waals surface area contributed by atoms with Crippen molar-refractivity contribution in [3.8, 4) is 0 Å². The highest BCUT2D eigenvalue weighted by atomic mass is 32.2. The molecule has 0 saturated heterocycles. The summed E-state index contributed by atoms with van der Waals surface area (Å²) in [7, 11) is -3.84. The van der Waals surface area contributed by atoms with Crippen molar-refractivity contribution in [3.63, 3.8) is 0 Å². The minimum Gasteiger partial charge on any atom is -0.411 e. The summed E-state index contributed by atoms with van der Waals surface area (Å²) in [6.07, 6.45) is -3.80. The van der Waals surface area contributed by atoms with E-state index in [9.17, 15) is 30.4 Å². The molecule has 3 rings (SSSR count). The molecule has 9 nitrogen and oxygen atoms in total. The van der Waals surface area contributed by atoms with Crippen molar-refractivity contribution in [3.05, 3.63) is 27.4 Å². The number of hydrogen-bond acceptors (Lipinski definition) is 8. The van der Waals surface area contributed by atoms with Crippen LogP contribution >= 0.6 is 0 Å². The number of halogens is 5. The number of rotatable bonds is 4. The van der Waals surface area contributed by atoms with Gasteiger partial charge in [-0.3, -0.25) is 0 Å². The van der Waals surface area contributed by atoms with Gasteiger partial charge in [0, 0.05) is 6.42 Å². The van der Waals surface area contributed by atoms with E-state index in [1.54, 1.807) is 0 Å². The second-order valence-electron chi connectivity index (χ2n) is 6.42. The van der Waals surface area contributed by atoms with Crippen LogP contribution in [-0.2, 0) is 15.8 Å². The lowest BCUT2D eigenvalue weighted by Crippen LogP contribution is -2.41. The Balaban J connectivity index is 2.16. The molecule has 0 radical (unpaired) electrons. The van der Waals surface area contributed by atoms with Gasteiger partial charge in [-0.25, -0.2) is 23.4 Å². The Kier molecular flexibility index (Phi) is 5.20. The minimum absolute atomic E-state index is 0.0352. The molecular weight excluding hydrogens is 439 g/mol. The van der Waals surface area contributed by atoms with Crippen LogP contribution in [-0.4, -0.2) is 58.5 Å². The lowest BCUT2D eigenvalue weighted by molar-refractivity contribution is -0.292. The zero-order valence-corrected chi connectivity index (χ0v) is 16.3. The van der Waals surface area contributed by atoms with Gasteiger partial charge < -0.3 is 10.2 Å². The first-order valence-electron chi connectivity index (χ1n) is 8.43. The topological polar surface area (TPSA) is 123 Å². The predicted octanol–water partition coefficient (Wildman–Crippen LogP) is 0.992. The van der Waals surface area contributed by atoms with Crippen LogP contribution in [0.1, 0.15) is 26.1 Å². The van der Waals surface area contributed by atoms with Crippen molar-refractivity contribution in [2.75, 3.05) is 5.75 Å². The van der Waals surface area contributed by atoms with Crippen molar-refractivity contribution in [2.24, 2.45) is 15.2 Å². The van der Waals surface area contributed by atoms with Crippen molar-refractivity contribution in [2.45, 2.75) is 38.4 Å². The Morgan fingerprint density at radius 3 is 2.57 bits per heavy atom. The van der Waals surface area contributed by atoms with Gasteiger partial charge >= 0.3 is 12.1 Å². The van der Waals surface area contributed by atoms with Crippen LogP contribution in [0.4, 0.5) is 22.0 Å². The van der Waals surface area contributed by atoms with Gasteiger partial charge in [-0.1, -0.05) is 12.1 Å². The van der Waals surface area contributed by atoms with Crippen LogP contribution in [0.15, 0.2) is 26.0 Å². The Morgan fingerprint density at radius 2 is 2.00 bits per heavy atom. The summed E-state index contributed by atoms with van der Waals surface area (Å²) >= 11 is 0. The maximum absolute atomic E-state index is 13.6. The zero-order valence-electron chi connectivity index (χ0n) is 15.4. The number of H-pyrrole nitrogens is 1. The molecule has 1 aromatic heterocycles. The number of alkyl halides is 5. The maximum atomic E-state index is 13.6. The quantitative estimate of drug-likeness (QED) is 0.399. The van der Waals surface area contributed by atoms with E-state index in [0.717, 1.165) is 11.2 Å². The summed E-state index contributed by atoms with van der Waals surface area (Å²) < 4.78 is 90.1. The van der Waals surface area contributed by atoms with Gasteiger partial charge in [-0.2, -0.15) is 22.0 Å². The lowest BCUT2D eigenvalue weighted by atomic mass is 10.2. The molecule has 2 N–H and O–H groups in total. The second-order valence-corrected chi connectivity index (χ2v) is 8.72. The molecule has 1 unspecified atom stereocenters. The number of aliphatic imine (C=N–C) groups is 1. The largest absolute Gasteiger partial charge is 0.461 e. The smallest absolute Gasteiger partial charge is 0.411 e. The Morgan fingerprint density at radius 1 is 1.33 bits per heavy atom. The van der Waals surface area contributed by atoms with Gasteiger partial charge in [0.2, 0.25) is 0 Å². The van der Waals surface area contributed by atoms with Crippen LogP contribution in [0.2, 0.25) is 0 Å². The Bertz CT molecular complexity index is 1180. The van der Waals surface area contributed by atoms with E-state index in [1.165, 1.54) is 19.9 Å². The number of sulfone groups is 1. The molecule has 164 valence electrons. The van der Waals surface area contributed by atoms with Crippen LogP contribution in [0.5, 0.6) is 0 Å². The molecule has 15 heteroatoms. The fourth-order valence-electron chi connectivity index (χ4n) is 2.77. The van der Waals surface area contributed by atoms with Gasteiger partial charge in [0.05, 0.1) is 28.3 Å². The summed E-state index contributed by atoms with van der Waals surface area (Å²) in [5.74, 6) is -7.34. The molecule has 0 aliphatic carbocycles. The summed E-state index contributed by atoms with van der Waals surface area (Å²) in [5.41, 5.74) is -0.517. The van der Waals surface area contributed by atoms with E-state index in [-0.39, 0.29) is 34.0 Å². The average Bonchev–Trinajstić information content (AvgIpc) is 3.09. The highest BCUT2D eigenvalue weighted by Crippen LogP contribution is 2.41. The highest BCUT2D eigenvalue weighted by molar-refractivity contribution is 7.95. The summed E-state index contributed by atoms with van der Waals surface area (Å²) in [6, 6.07) is -0.771. The molecule has 0 saturated carbocycles. The van der Waals surface area contributed by atoms with E-state index in [1.807, 2.05) is 4.98 Å². The maximum Gasteiger partial charge on any atom is 0.461 e. The molecule has 3 heterocycles. The molecule has 0 fully saturated rings. The third-order valence-corrected chi connectivity index (χ3v) is 6.23. The second kappa shape index (κ2) is 7.14. The highest BCUT2D eigenvalue weighted by Gasteiger charge is 2.61. The first kappa shape index (κ1) is 21.9. The molecule has 1 atom stereocenters. The van der Waals surface area contributed by atoms with Crippen molar-refractivity contribution in [1.82, 2.24) is 15.0 Å². The number of nitrogens with one attached hydrogen (secondary N) is 1. The number of allylic oxidation sites excluding steroid dienone is 1. The van der Waals surface area contributed by atoms with E-state index in [4.69, 9.17) is 5.21 Å². The number of oxime groups is 1. The normalized spacial score (nSPS) is 21.5. The molecule has 0 amide bonds. The Hall–Kier alpha value is -2.84. The first-order valence-corrected chi connectivity index (χ1v) is 10.1. The van der Waals surface area contributed by atoms with E-state index >= 15 is 0 Å². The minimum atomic E-state index is -5.86. The molecule has 0 spiro atoms. The van der Waals surface area contributed by atoms with Gasteiger partial charge in [0.15, 0.2) is 27.0 Å². The molecule has 2 aliphatic heterocycles. The molecule has 2 aliphatic rings. The fourth-order valence-corrected chi connectivity index (χ4v) is 3.91. The van der Waals surface area contributed by atoms with Crippen molar-refractivity contribution < 1.29 is 35.6 Å². The van der Waals surface area contributed by atoms with E-state index in [0.29, 0.717) is 0 Å². The van der Waals surface area contributed by atoms with Crippen molar-refractivity contribution >= 4 is 27.8 Å². The average molecular weight is 454 g/mol. The molecular formula is C15H15F5N6O3S. The third kappa shape index (κ3) is 3.57. The standard InChI is InChI=1S/C15H15F5N6O3S/c1-3-30(28,29)10-5-8(25-27)6-21-12(10)26-7(2)4-9-11(24-26)23-13(22-9)14(16,17)15(18,19)20/h4,6-7,27H,3,5H2,1-2H3,(H,22,23,24). The third-order valence-electron chi connectivity index (χ3n) is 4.39. The molecule has 0 aromatic carbocycles. The van der Waals surface area contributed by atoms with Gasteiger partial charge in [0.25, 0.3) is 0 Å². The lowest BCUT2D eigenvalue weighted by Gasteiger charge is -2.28. The fraction of sp³-hybridized carbons (Fsp3) is 0.467. The van der Waals surface area contributed by atoms with E-state index < -0.39 is 39.3 Å². The number of hydrogen-bond donors (Lipinski definition) is 2. The number of fused-ring (bicyclic) bond motifs is 1. The van der Waals surface area contributed by atoms with Gasteiger partial charge in [0.1, 0.15) is 5.71 Å². The Labute approximate surface area is 165 Å². The zero-order chi connectivity index (χ0) is 22.5. The van der Waals surface area contributed by atoms with E-state index in [2.05, 4.69) is 20.2 Å². The monoisotopic (exact) mass is 454 g/mol. The number of aromatic amines is 1. The summed E-state index contributed by atoms with van der Waals surface area (Å²) in [6.45, 7) is 2.89. The van der Waals surface area contributed by atoms with Gasteiger partial charge in [-0.15, -0.1) is 5.10 Å². The van der Waals surface area contributed by atoms with Crippen molar-refractivity contribution in [1.29, 1.82) is 0 Å². The first-order chi connectivity index (χ1) is 13.8. The molecule has 1 aromatic rings. The van der Waals surface area contributed by atoms with Crippen LogP contribution in [0.3, 0.4) is 0 Å². The number of imidazole rings is 1.